The summed E-state index contributed by atoms with van der Waals surface area (Å²) in [6, 6.07) is 15.6. The van der Waals surface area contributed by atoms with Crippen LogP contribution < -0.4 is 25.8 Å². The van der Waals surface area contributed by atoms with Crippen molar-refractivity contribution in [3.63, 3.8) is 0 Å². The SMILES string of the molecule is Cc1cc(C)c2cccc(OCc3c(Cl)ccc(S(=O)(=O)N4CCC[C@H]4C(=O)NCCNCC(=O)Oc4ccc(C(=N)N)cc4)c3Cl)c2n1. The minimum atomic E-state index is -4.20. The Kier molecular flexibility index (Phi) is 11.4. The topological polar surface area (TPSA) is 177 Å². The Morgan fingerprint density at radius 3 is 2.57 bits per heavy atom. The molecule has 1 aromatic heterocycles. The van der Waals surface area contributed by atoms with Crippen molar-refractivity contribution in [2.24, 2.45) is 5.73 Å². The van der Waals surface area contributed by atoms with Gasteiger partial charge in [-0.15, -0.1) is 0 Å². The molecular formula is C34H36Cl2N6O6S. The summed E-state index contributed by atoms with van der Waals surface area (Å²) in [5, 5.41) is 14.1. The second kappa shape index (κ2) is 15.5. The fourth-order valence-electron chi connectivity index (χ4n) is 5.60. The normalized spacial score (nSPS) is 14.9. The molecule has 49 heavy (non-hydrogen) atoms. The molecule has 258 valence electrons. The van der Waals surface area contributed by atoms with Gasteiger partial charge >= 0.3 is 5.97 Å². The van der Waals surface area contributed by atoms with Gasteiger partial charge in [0.25, 0.3) is 0 Å². The molecule has 1 atom stereocenters. The number of rotatable bonds is 13. The van der Waals surface area contributed by atoms with Gasteiger partial charge < -0.3 is 25.8 Å². The molecule has 12 nitrogen and oxygen atoms in total. The highest BCUT2D eigenvalue weighted by Crippen LogP contribution is 2.36. The molecule has 15 heteroatoms. The van der Waals surface area contributed by atoms with Gasteiger partial charge in [-0.2, -0.15) is 4.31 Å². The van der Waals surface area contributed by atoms with E-state index in [0.29, 0.717) is 41.0 Å². The van der Waals surface area contributed by atoms with Crippen molar-refractivity contribution in [1.29, 1.82) is 5.41 Å². The van der Waals surface area contributed by atoms with Crippen LogP contribution in [0.3, 0.4) is 0 Å². The van der Waals surface area contributed by atoms with Crippen LogP contribution in [0.2, 0.25) is 10.0 Å². The van der Waals surface area contributed by atoms with Crippen molar-refractivity contribution < 1.29 is 27.5 Å². The lowest BCUT2D eigenvalue weighted by Crippen LogP contribution is -2.47. The standard InChI is InChI=1S/C34H36Cl2N6O6S/c1-20-17-21(2)41-32-24(20)5-3-7-28(32)47-19-25-26(35)12-13-29(31(25)36)49(45,46)42-16-4-6-27(42)34(44)40-15-14-39-18-30(43)48-23-10-8-22(9-11-23)33(37)38/h3,5,7-13,17,27,39H,4,6,14-16,18-19H2,1-2H3,(H3,37,38)(H,40,44)/t27-/m0/s1. The van der Waals surface area contributed by atoms with Gasteiger partial charge in [0, 0.05) is 46.9 Å². The number of sulfonamides is 1. The van der Waals surface area contributed by atoms with Gasteiger partial charge in [0.2, 0.25) is 15.9 Å². The molecule has 1 aliphatic rings. The zero-order valence-electron chi connectivity index (χ0n) is 26.9. The van der Waals surface area contributed by atoms with Crippen molar-refractivity contribution in [3.05, 3.63) is 93.1 Å². The van der Waals surface area contributed by atoms with Crippen LogP contribution in [0.4, 0.5) is 0 Å². The van der Waals surface area contributed by atoms with Gasteiger partial charge in [0.05, 0.1) is 11.6 Å². The van der Waals surface area contributed by atoms with Crippen molar-refractivity contribution in [2.75, 3.05) is 26.2 Å². The van der Waals surface area contributed by atoms with Gasteiger partial charge in [0.1, 0.15) is 40.4 Å². The number of amidine groups is 1. The first kappa shape index (κ1) is 36.0. The van der Waals surface area contributed by atoms with Crippen LogP contribution in [0.1, 0.15) is 35.2 Å². The van der Waals surface area contributed by atoms with E-state index < -0.39 is 27.9 Å². The van der Waals surface area contributed by atoms with Gasteiger partial charge in [-0.25, -0.2) is 13.4 Å². The molecule has 0 spiro atoms. The van der Waals surface area contributed by atoms with Crippen LogP contribution >= 0.6 is 23.2 Å². The first-order valence-corrected chi connectivity index (χ1v) is 17.7. The van der Waals surface area contributed by atoms with E-state index in [1.807, 2.05) is 32.0 Å². The summed E-state index contributed by atoms with van der Waals surface area (Å²) in [4.78, 5) is 29.7. The third kappa shape index (κ3) is 8.31. The van der Waals surface area contributed by atoms with E-state index in [2.05, 4.69) is 15.6 Å². The number of nitrogens with zero attached hydrogens (tertiary/aromatic N) is 2. The summed E-state index contributed by atoms with van der Waals surface area (Å²) in [6.07, 6.45) is 0.824. The molecule has 3 aromatic carbocycles. The first-order valence-electron chi connectivity index (χ1n) is 15.5. The number of amides is 1. The van der Waals surface area contributed by atoms with Crippen LogP contribution in [0, 0.1) is 19.3 Å². The van der Waals surface area contributed by atoms with Crippen molar-refractivity contribution in [2.45, 2.75) is 44.2 Å². The number of halogens is 2. The number of para-hydroxylation sites is 1. The Hall–Kier alpha value is -4.27. The fourth-order valence-corrected chi connectivity index (χ4v) is 8.12. The van der Waals surface area contributed by atoms with Crippen molar-refractivity contribution in [3.8, 4) is 11.5 Å². The highest BCUT2D eigenvalue weighted by Gasteiger charge is 2.40. The average molecular weight is 728 g/mol. The minimum Gasteiger partial charge on any atom is -0.487 e. The maximum atomic E-state index is 13.9. The van der Waals surface area contributed by atoms with Gasteiger partial charge in [0.15, 0.2) is 0 Å². The summed E-state index contributed by atoms with van der Waals surface area (Å²) < 4.78 is 40.3. The summed E-state index contributed by atoms with van der Waals surface area (Å²) >= 11 is 13.2. The molecule has 1 amide bonds. The van der Waals surface area contributed by atoms with Crippen molar-refractivity contribution >= 4 is 61.8 Å². The third-order valence-electron chi connectivity index (χ3n) is 8.02. The molecule has 2 heterocycles. The zero-order chi connectivity index (χ0) is 35.3. The largest absolute Gasteiger partial charge is 0.487 e. The Balaban J connectivity index is 1.18. The van der Waals surface area contributed by atoms with E-state index in [0.717, 1.165) is 20.9 Å². The summed E-state index contributed by atoms with van der Waals surface area (Å²) in [7, 11) is -4.20. The molecule has 4 aromatic rings. The number of hydrogen-bond acceptors (Lipinski definition) is 9. The average Bonchev–Trinajstić information content (AvgIpc) is 3.56. The Morgan fingerprint density at radius 1 is 1.08 bits per heavy atom. The number of nitrogen functional groups attached to an aromatic ring is 1. The van der Waals surface area contributed by atoms with E-state index >= 15 is 0 Å². The second-order valence-corrected chi connectivity index (χ2v) is 14.2. The van der Waals surface area contributed by atoms with Gasteiger partial charge in [-0.3, -0.25) is 15.0 Å². The molecular weight excluding hydrogens is 691 g/mol. The maximum Gasteiger partial charge on any atom is 0.325 e. The molecule has 1 fully saturated rings. The Bertz CT molecular complexity index is 2010. The number of pyridine rings is 1. The smallest absolute Gasteiger partial charge is 0.325 e. The fraction of sp³-hybridized carbons (Fsp3) is 0.294. The predicted molar refractivity (Wildman–Crippen MR) is 188 cm³/mol. The minimum absolute atomic E-state index is 0.0787. The molecule has 0 radical (unpaired) electrons. The number of aromatic nitrogens is 1. The highest BCUT2D eigenvalue weighted by molar-refractivity contribution is 7.89. The van der Waals surface area contributed by atoms with E-state index in [1.54, 1.807) is 18.2 Å². The number of nitrogens with two attached hydrogens (primary N) is 1. The Morgan fingerprint density at radius 2 is 1.84 bits per heavy atom. The van der Waals surface area contributed by atoms with E-state index in [9.17, 15) is 18.0 Å². The van der Waals surface area contributed by atoms with Gasteiger partial charge in [-0.1, -0.05) is 35.3 Å². The number of carbonyl (C=O) groups excluding carboxylic acids is 2. The molecule has 0 bridgehead atoms. The van der Waals surface area contributed by atoms with Crippen LogP contribution in [0.15, 0.2) is 65.6 Å². The number of nitrogens with one attached hydrogen (secondary N) is 3. The zero-order valence-corrected chi connectivity index (χ0v) is 29.2. The molecule has 0 aliphatic carbocycles. The highest BCUT2D eigenvalue weighted by atomic mass is 35.5. The molecule has 5 rings (SSSR count). The predicted octanol–water partition coefficient (Wildman–Crippen LogP) is 4.49. The number of ether oxygens (including phenoxy) is 2. The van der Waals surface area contributed by atoms with Crippen LogP contribution in [-0.2, 0) is 26.2 Å². The summed E-state index contributed by atoms with van der Waals surface area (Å²) in [6.45, 7) is 4.19. The quantitative estimate of drug-likeness (QED) is 0.0509. The van der Waals surface area contributed by atoms with Crippen molar-refractivity contribution in [1.82, 2.24) is 19.9 Å². The number of esters is 1. The van der Waals surface area contributed by atoms with E-state index in [-0.39, 0.29) is 53.6 Å². The number of hydrogen-bond donors (Lipinski definition) is 4. The monoisotopic (exact) mass is 726 g/mol. The van der Waals surface area contributed by atoms with Crippen LogP contribution in [0.5, 0.6) is 11.5 Å². The summed E-state index contributed by atoms with van der Waals surface area (Å²) in [5.74, 6) is -0.282. The lowest BCUT2D eigenvalue weighted by Gasteiger charge is -2.24. The molecule has 1 aliphatic heterocycles. The lowest BCUT2D eigenvalue weighted by atomic mass is 10.1. The van der Waals surface area contributed by atoms with E-state index in [4.69, 9.17) is 43.8 Å². The van der Waals surface area contributed by atoms with Gasteiger partial charge in [-0.05, 0) is 80.8 Å². The number of carbonyl (C=O) groups is 2. The van der Waals surface area contributed by atoms with Crippen LogP contribution in [-0.4, -0.2) is 67.6 Å². The molecule has 0 unspecified atom stereocenters. The molecule has 5 N–H and O–H groups in total. The molecule has 0 saturated carbocycles. The second-order valence-electron chi connectivity index (χ2n) is 11.5. The third-order valence-corrected chi connectivity index (χ3v) is 10.9. The lowest BCUT2D eigenvalue weighted by molar-refractivity contribution is -0.133. The van der Waals surface area contributed by atoms with Crippen LogP contribution in [0.25, 0.3) is 10.9 Å². The number of aryl methyl sites for hydroxylation is 2. The number of fused-ring (bicyclic) bond motifs is 1. The Labute approximate surface area is 294 Å². The summed E-state index contributed by atoms with van der Waals surface area (Å²) in [5.41, 5.74) is 8.79. The molecule has 1 saturated heterocycles. The maximum absolute atomic E-state index is 13.9. The van der Waals surface area contributed by atoms with E-state index in [1.165, 1.54) is 24.3 Å². The number of benzene rings is 3. The first-order chi connectivity index (χ1) is 23.4.